The zero-order chi connectivity index (χ0) is 17.3. The molecule has 0 N–H and O–H groups in total. The summed E-state index contributed by atoms with van der Waals surface area (Å²) in [5, 5.41) is 1.16. The smallest absolute Gasteiger partial charge is 0.126 e. The van der Waals surface area contributed by atoms with E-state index < -0.39 is 0 Å². The minimum Gasteiger partial charge on any atom is -0.496 e. The van der Waals surface area contributed by atoms with E-state index in [1.807, 2.05) is 6.07 Å². The van der Waals surface area contributed by atoms with E-state index >= 15 is 0 Å². The zero-order valence-corrected chi connectivity index (χ0v) is 15.2. The van der Waals surface area contributed by atoms with Gasteiger partial charge >= 0.3 is 0 Å². The maximum absolute atomic E-state index is 5.65. The highest BCUT2D eigenvalue weighted by Gasteiger charge is 2.18. The first-order valence-corrected chi connectivity index (χ1v) is 8.51. The predicted octanol–water partition coefficient (Wildman–Crippen LogP) is 5.77. The number of para-hydroxylation sites is 1. The van der Waals surface area contributed by atoms with E-state index in [2.05, 4.69) is 70.2 Å². The lowest BCUT2D eigenvalue weighted by Crippen LogP contribution is -2.11. The van der Waals surface area contributed by atoms with Crippen LogP contribution in [0.15, 0.2) is 48.5 Å². The first-order chi connectivity index (χ1) is 11.4. The van der Waals surface area contributed by atoms with Gasteiger partial charge in [-0.05, 0) is 41.7 Å². The topological polar surface area (TPSA) is 22.1 Å². The summed E-state index contributed by atoms with van der Waals surface area (Å²) < 4.78 is 5.65. The SMILES string of the molecule is CCc1nc2ccccc2cc1-c1cc(C(C)(C)C)ccc1OC. The molecule has 0 fully saturated rings. The van der Waals surface area contributed by atoms with E-state index in [-0.39, 0.29) is 5.41 Å². The first kappa shape index (κ1) is 16.5. The zero-order valence-electron chi connectivity index (χ0n) is 15.2. The van der Waals surface area contributed by atoms with Crippen molar-refractivity contribution in [2.24, 2.45) is 0 Å². The van der Waals surface area contributed by atoms with Crippen LogP contribution in [0, 0.1) is 0 Å². The number of nitrogens with zero attached hydrogens (tertiary/aromatic N) is 1. The quantitative estimate of drug-likeness (QED) is 0.611. The predicted molar refractivity (Wildman–Crippen MR) is 102 cm³/mol. The van der Waals surface area contributed by atoms with Crippen LogP contribution in [0.25, 0.3) is 22.0 Å². The average Bonchev–Trinajstić information content (AvgIpc) is 2.59. The summed E-state index contributed by atoms with van der Waals surface area (Å²) in [7, 11) is 1.73. The van der Waals surface area contributed by atoms with Crippen molar-refractivity contribution < 1.29 is 4.74 Å². The van der Waals surface area contributed by atoms with E-state index in [0.29, 0.717) is 0 Å². The van der Waals surface area contributed by atoms with Gasteiger partial charge in [0.1, 0.15) is 5.75 Å². The van der Waals surface area contributed by atoms with Crippen LogP contribution in [0.1, 0.15) is 39.0 Å². The molecule has 2 aromatic carbocycles. The van der Waals surface area contributed by atoms with Crippen molar-refractivity contribution in [1.29, 1.82) is 0 Å². The third-order valence-corrected chi connectivity index (χ3v) is 4.49. The van der Waals surface area contributed by atoms with Crippen molar-refractivity contribution in [3.05, 3.63) is 59.8 Å². The van der Waals surface area contributed by atoms with E-state index in [4.69, 9.17) is 9.72 Å². The van der Waals surface area contributed by atoms with Gasteiger partial charge in [0.2, 0.25) is 0 Å². The molecule has 0 unspecified atom stereocenters. The van der Waals surface area contributed by atoms with Crippen molar-refractivity contribution in [2.45, 2.75) is 39.5 Å². The average molecular weight is 319 g/mol. The second-order valence-corrected chi connectivity index (χ2v) is 7.19. The van der Waals surface area contributed by atoms with Crippen molar-refractivity contribution in [2.75, 3.05) is 7.11 Å². The van der Waals surface area contributed by atoms with Crippen LogP contribution >= 0.6 is 0 Å². The van der Waals surface area contributed by atoms with Crippen LogP contribution in [0.3, 0.4) is 0 Å². The Morgan fingerprint density at radius 2 is 1.71 bits per heavy atom. The third-order valence-electron chi connectivity index (χ3n) is 4.49. The fourth-order valence-corrected chi connectivity index (χ4v) is 3.04. The van der Waals surface area contributed by atoms with Crippen LogP contribution in [0.4, 0.5) is 0 Å². The van der Waals surface area contributed by atoms with Crippen LogP contribution in [0.5, 0.6) is 5.75 Å². The van der Waals surface area contributed by atoms with Crippen molar-refractivity contribution >= 4 is 10.9 Å². The summed E-state index contributed by atoms with van der Waals surface area (Å²) in [5.41, 5.74) is 5.84. The molecule has 3 aromatic rings. The van der Waals surface area contributed by atoms with E-state index in [1.165, 1.54) is 11.1 Å². The molecule has 24 heavy (non-hydrogen) atoms. The summed E-state index contributed by atoms with van der Waals surface area (Å²) in [6.45, 7) is 8.86. The number of methoxy groups -OCH3 is 1. The van der Waals surface area contributed by atoms with Gasteiger partial charge in [0.15, 0.2) is 0 Å². The van der Waals surface area contributed by atoms with Crippen LogP contribution in [-0.2, 0) is 11.8 Å². The highest BCUT2D eigenvalue weighted by Crippen LogP contribution is 2.37. The molecule has 2 heteroatoms. The van der Waals surface area contributed by atoms with Gasteiger partial charge in [-0.25, -0.2) is 0 Å². The number of rotatable bonds is 3. The second kappa shape index (κ2) is 6.27. The van der Waals surface area contributed by atoms with Gasteiger partial charge in [-0.1, -0.05) is 52.0 Å². The van der Waals surface area contributed by atoms with Crippen LogP contribution in [0.2, 0.25) is 0 Å². The Morgan fingerprint density at radius 1 is 0.958 bits per heavy atom. The lowest BCUT2D eigenvalue weighted by molar-refractivity contribution is 0.416. The minimum absolute atomic E-state index is 0.0949. The van der Waals surface area contributed by atoms with Crippen molar-refractivity contribution in [3.63, 3.8) is 0 Å². The molecule has 0 bridgehead atoms. The fourth-order valence-electron chi connectivity index (χ4n) is 3.04. The molecule has 0 aliphatic carbocycles. The summed E-state index contributed by atoms with van der Waals surface area (Å²) in [4.78, 5) is 4.88. The molecule has 2 nitrogen and oxygen atoms in total. The lowest BCUT2D eigenvalue weighted by Gasteiger charge is -2.22. The van der Waals surface area contributed by atoms with Gasteiger partial charge < -0.3 is 4.74 Å². The minimum atomic E-state index is 0.0949. The summed E-state index contributed by atoms with van der Waals surface area (Å²) in [6, 6.07) is 17.0. The molecule has 0 saturated heterocycles. The van der Waals surface area contributed by atoms with Gasteiger partial charge in [0, 0.05) is 22.2 Å². The van der Waals surface area contributed by atoms with Crippen LogP contribution in [-0.4, -0.2) is 12.1 Å². The normalized spacial score (nSPS) is 11.7. The van der Waals surface area contributed by atoms with E-state index in [9.17, 15) is 0 Å². The Kier molecular flexibility index (Phi) is 4.31. The first-order valence-electron chi connectivity index (χ1n) is 8.51. The van der Waals surface area contributed by atoms with Crippen LogP contribution < -0.4 is 4.74 Å². The van der Waals surface area contributed by atoms with Gasteiger partial charge in [-0.15, -0.1) is 0 Å². The summed E-state index contributed by atoms with van der Waals surface area (Å²) >= 11 is 0. The Hall–Kier alpha value is -2.35. The molecule has 0 saturated carbocycles. The van der Waals surface area contributed by atoms with Gasteiger partial charge in [0.05, 0.1) is 12.6 Å². The van der Waals surface area contributed by atoms with Gasteiger partial charge in [-0.2, -0.15) is 0 Å². The van der Waals surface area contributed by atoms with E-state index in [0.717, 1.165) is 34.3 Å². The lowest BCUT2D eigenvalue weighted by atomic mass is 9.85. The van der Waals surface area contributed by atoms with Gasteiger partial charge in [-0.3, -0.25) is 4.98 Å². The Labute approximate surface area is 144 Å². The number of hydrogen-bond donors (Lipinski definition) is 0. The molecule has 1 heterocycles. The molecule has 0 amide bonds. The van der Waals surface area contributed by atoms with Gasteiger partial charge in [0.25, 0.3) is 0 Å². The van der Waals surface area contributed by atoms with Crippen molar-refractivity contribution in [1.82, 2.24) is 4.98 Å². The summed E-state index contributed by atoms with van der Waals surface area (Å²) in [6.07, 6.45) is 0.892. The highest BCUT2D eigenvalue weighted by atomic mass is 16.5. The molecular weight excluding hydrogens is 294 g/mol. The third kappa shape index (κ3) is 3.01. The number of ether oxygens (including phenoxy) is 1. The molecule has 1 aromatic heterocycles. The Balaban J connectivity index is 2.29. The number of benzene rings is 2. The highest BCUT2D eigenvalue weighted by molar-refractivity contribution is 5.86. The number of pyridine rings is 1. The maximum Gasteiger partial charge on any atom is 0.126 e. The Bertz CT molecular complexity index is 875. The maximum atomic E-state index is 5.65. The number of aromatic nitrogens is 1. The molecule has 0 atom stereocenters. The second-order valence-electron chi connectivity index (χ2n) is 7.19. The largest absolute Gasteiger partial charge is 0.496 e. The molecule has 0 aliphatic rings. The number of fused-ring (bicyclic) bond motifs is 1. The molecule has 3 rings (SSSR count). The molecular formula is C22H25NO. The molecule has 0 radical (unpaired) electrons. The molecule has 0 spiro atoms. The number of aryl methyl sites for hydroxylation is 1. The summed E-state index contributed by atoms with van der Waals surface area (Å²) in [5.74, 6) is 0.898. The van der Waals surface area contributed by atoms with E-state index in [1.54, 1.807) is 7.11 Å². The standard InChI is InChI=1S/C22H25NO/c1-6-19-17(13-15-9-7-8-10-20(15)23-19)18-14-16(22(2,3)4)11-12-21(18)24-5/h7-14H,6H2,1-5H3. The fraction of sp³-hybridized carbons (Fsp3) is 0.318. The molecule has 0 aliphatic heterocycles. The number of hydrogen-bond acceptors (Lipinski definition) is 2. The van der Waals surface area contributed by atoms with Crippen molar-refractivity contribution in [3.8, 4) is 16.9 Å². The molecule has 124 valence electrons. The Morgan fingerprint density at radius 3 is 2.38 bits per heavy atom. The monoisotopic (exact) mass is 319 g/mol.